The lowest BCUT2D eigenvalue weighted by Crippen LogP contribution is -2.09. The molecule has 0 fully saturated rings. The van der Waals surface area contributed by atoms with E-state index in [1.165, 1.54) is 64.2 Å². The predicted octanol–water partition coefficient (Wildman–Crippen LogP) is 7.45. The molecule has 0 aliphatic heterocycles. The van der Waals surface area contributed by atoms with Crippen molar-refractivity contribution in [1.82, 2.24) is 0 Å². The molecule has 0 bridgehead atoms. The van der Waals surface area contributed by atoms with Crippen molar-refractivity contribution in [3.8, 4) is 0 Å². The number of hydrogen-bond donors (Lipinski definition) is 0. The average molecular weight is 433 g/mol. The number of rotatable bonds is 19. The fourth-order valence-electron chi connectivity index (χ4n) is 3.58. The molecule has 4 nitrogen and oxygen atoms in total. The molecule has 1 aromatic rings. The van der Waals surface area contributed by atoms with Crippen LogP contribution in [0, 0.1) is 6.92 Å². The van der Waals surface area contributed by atoms with E-state index in [4.69, 9.17) is 9.47 Å². The Morgan fingerprint density at radius 1 is 0.677 bits per heavy atom. The van der Waals surface area contributed by atoms with Crippen LogP contribution in [0.5, 0.6) is 0 Å². The maximum atomic E-state index is 11.8. The van der Waals surface area contributed by atoms with Gasteiger partial charge in [0, 0.05) is 12.8 Å². The molecule has 0 aliphatic carbocycles. The monoisotopic (exact) mass is 432 g/mol. The Morgan fingerprint density at radius 3 is 1.77 bits per heavy atom. The lowest BCUT2D eigenvalue weighted by molar-refractivity contribution is -0.146. The van der Waals surface area contributed by atoms with Crippen LogP contribution in [0.2, 0.25) is 0 Å². The third kappa shape index (κ3) is 15.6. The van der Waals surface area contributed by atoms with Gasteiger partial charge in [-0.2, -0.15) is 0 Å². The first-order valence-corrected chi connectivity index (χ1v) is 12.5. The summed E-state index contributed by atoms with van der Waals surface area (Å²) in [6.45, 7) is 5.03. The number of benzene rings is 1. The normalized spacial score (nSPS) is 10.8. The van der Waals surface area contributed by atoms with E-state index >= 15 is 0 Å². The summed E-state index contributed by atoms with van der Waals surface area (Å²) in [6, 6.07) is 7.84. The number of esters is 2. The minimum Gasteiger partial charge on any atom is -0.466 e. The van der Waals surface area contributed by atoms with Gasteiger partial charge in [0.15, 0.2) is 0 Å². The summed E-state index contributed by atoms with van der Waals surface area (Å²) >= 11 is 0. The highest BCUT2D eigenvalue weighted by molar-refractivity contribution is 5.72. The summed E-state index contributed by atoms with van der Waals surface area (Å²) in [5, 5.41) is 0. The van der Waals surface area contributed by atoms with Crippen LogP contribution in [-0.4, -0.2) is 18.5 Å². The molecule has 1 aromatic carbocycles. The first kappa shape index (κ1) is 27.2. The molecule has 4 heteroatoms. The minimum atomic E-state index is -0.267. The Kier molecular flexibility index (Phi) is 16.6. The highest BCUT2D eigenvalue weighted by Gasteiger charge is 2.08. The van der Waals surface area contributed by atoms with E-state index in [0.29, 0.717) is 13.0 Å². The predicted molar refractivity (Wildman–Crippen MR) is 127 cm³/mol. The van der Waals surface area contributed by atoms with Crippen LogP contribution in [-0.2, 0) is 25.7 Å². The van der Waals surface area contributed by atoms with E-state index in [1.54, 1.807) is 0 Å². The maximum absolute atomic E-state index is 11.8. The summed E-state index contributed by atoms with van der Waals surface area (Å²) in [7, 11) is 0. The smallest absolute Gasteiger partial charge is 0.306 e. The number of carbonyl (C=O) groups excluding carboxylic acids is 2. The molecule has 0 spiro atoms. The van der Waals surface area contributed by atoms with E-state index < -0.39 is 0 Å². The summed E-state index contributed by atoms with van der Waals surface area (Å²) in [4.78, 5) is 23.6. The minimum absolute atomic E-state index is 0.213. The van der Waals surface area contributed by atoms with E-state index in [0.717, 1.165) is 24.0 Å². The second-order valence-corrected chi connectivity index (χ2v) is 8.55. The van der Waals surface area contributed by atoms with Gasteiger partial charge in [-0.05, 0) is 30.9 Å². The van der Waals surface area contributed by atoms with Crippen molar-refractivity contribution in [2.75, 3.05) is 6.61 Å². The van der Waals surface area contributed by atoms with E-state index in [2.05, 4.69) is 6.92 Å². The zero-order chi connectivity index (χ0) is 22.6. The van der Waals surface area contributed by atoms with Crippen molar-refractivity contribution in [2.45, 2.75) is 117 Å². The fourth-order valence-corrected chi connectivity index (χ4v) is 3.58. The van der Waals surface area contributed by atoms with Crippen molar-refractivity contribution in [2.24, 2.45) is 0 Å². The van der Waals surface area contributed by atoms with Crippen LogP contribution in [0.25, 0.3) is 0 Å². The Labute approximate surface area is 190 Å². The van der Waals surface area contributed by atoms with Gasteiger partial charge in [-0.3, -0.25) is 9.59 Å². The molecule has 1 rings (SSSR count). The van der Waals surface area contributed by atoms with Gasteiger partial charge < -0.3 is 9.47 Å². The number of ether oxygens (including phenoxy) is 2. The molecule has 176 valence electrons. The quantitative estimate of drug-likeness (QED) is 0.168. The van der Waals surface area contributed by atoms with E-state index in [1.807, 2.05) is 31.2 Å². The second kappa shape index (κ2) is 18.9. The standard InChI is InChI=1S/C27H44O4/c1-3-4-5-6-7-8-9-10-11-12-13-16-22-30-26(28)20-17-21-27(29)31-23-25-19-15-14-18-24(25)2/h14-15,18-19H,3-13,16-17,20-23H2,1-2H3. The van der Waals surface area contributed by atoms with E-state index in [-0.39, 0.29) is 31.4 Å². The molecular formula is C27H44O4. The number of carbonyl (C=O) groups is 2. The highest BCUT2D eigenvalue weighted by Crippen LogP contribution is 2.12. The van der Waals surface area contributed by atoms with Crippen LogP contribution in [0.3, 0.4) is 0 Å². The third-order valence-corrected chi connectivity index (χ3v) is 5.67. The summed E-state index contributed by atoms with van der Waals surface area (Å²) in [5.74, 6) is -0.480. The largest absolute Gasteiger partial charge is 0.466 e. The molecule has 31 heavy (non-hydrogen) atoms. The van der Waals surface area contributed by atoms with Crippen LogP contribution in [0.4, 0.5) is 0 Å². The first-order valence-electron chi connectivity index (χ1n) is 12.5. The molecule has 0 aromatic heterocycles. The molecular weight excluding hydrogens is 388 g/mol. The lowest BCUT2D eigenvalue weighted by atomic mass is 10.1. The second-order valence-electron chi connectivity index (χ2n) is 8.55. The van der Waals surface area contributed by atoms with Crippen molar-refractivity contribution < 1.29 is 19.1 Å². The molecule has 0 heterocycles. The van der Waals surface area contributed by atoms with Crippen LogP contribution >= 0.6 is 0 Å². The molecule has 0 atom stereocenters. The van der Waals surface area contributed by atoms with Crippen LogP contribution in [0.1, 0.15) is 114 Å². The van der Waals surface area contributed by atoms with Crippen LogP contribution in [0.15, 0.2) is 24.3 Å². The van der Waals surface area contributed by atoms with Gasteiger partial charge in [-0.15, -0.1) is 0 Å². The van der Waals surface area contributed by atoms with Crippen molar-refractivity contribution in [3.05, 3.63) is 35.4 Å². The van der Waals surface area contributed by atoms with Gasteiger partial charge in [0.2, 0.25) is 0 Å². The molecule has 0 N–H and O–H groups in total. The lowest BCUT2D eigenvalue weighted by Gasteiger charge is -2.07. The molecule has 0 amide bonds. The SMILES string of the molecule is CCCCCCCCCCCCCCOC(=O)CCCC(=O)OCc1ccccc1C. The summed E-state index contributed by atoms with van der Waals surface area (Å²) in [6.07, 6.45) is 16.5. The van der Waals surface area contributed by atoms with Crippen LogP contribution < -0.4 is 0 Å². The Hall–Kier alpha value is -1.84. The molecule has 0 unspecified atom stereocenters. The van der Waals surface area contributed by atoms with Gasteiger partial charge >= 0.3 is 11.9 Å². The van der Waals surface area contributed by atoms with Crippen molar-refractivity contribution in [1.29, 1.82) is 0 Å². The topological polar surface area (TPSA) is 52.6 Å². The average Bonchev–Trinajstić information content (AvgIpc) is 2.76. The van der Waals surface area contributed by atoms with Gasteiger partial charge in [-0.1, -0.05) is 102 Å². The number of hydrogen-bond acceptors (Lipinski definition) is 4. The van der Waals surface area contributed by atoms with Gasteiger partial charge in [0.1, 0.15) is 6.61 Å². The molecule has 0 aliphatic rings. The Bertz CT molecular complexity index is 597. The summed E-state index contributed by atoms with van der Waals surface area (Å²) in [5.41, 5.74) is 2.12. The maximum Gasteiger partial charge on any atom is 0.306 e. The van der Waals surface area contributed by atoms with E-state index in [9.17, 15) is 9.59 Å². The zero-order valence-electron chi connectivity index (χ0n) is 20.0. The zero-order valence-corrected chi connectivity index (χ0v) is 20.0. The van der Waals surface area contributed by atoms with Gasteiger partial charge in [0.05, 0.1) is 6.61 Å². The van der Waals surface area contributed by atoms with Crippen molar-refractivity contribution in [3.63, 3.8) is 0 Å². The Morgan fingerprint density at radius 2 is 1.19 bits per heavy atom. The molecule has 0 saturated heterocycles. The van der Waals surface area contributed by atoms with Gasteiger partial charge in [0.25, 0.3) is 0 Å². The molecule has 0 radical (unpaired) electrons. The summed E-state index contributed by atoms with van der Waals surface area (Å²) < 4.78 is 10.6. The Balaban J connectivity index is 1.87. The fraction of sp³-hybridized carbons (Fsp3) is 0.704. The van der Waals surface area contributed by atoms with Crippen molar-refractivity contribution >= 4 is 11.9 Å². The number of unbranched alkanes of at least 4 members (excludes halogenated alkanes) is 11. The van der Waals surface area contributed by atoms with Gasteiger partial charge in [-0.25, -0.2) is 0 Å². The molecule has 0 saturated carbocycles. The first-order chi connectivity index (χ1) is 15.1. The number of aryl methyl sites for hydroxylation is 1. The third-order valence-electron chi connectivity index (χ3n) is 5.67. The highest BCUT2D eigenvalue weighted by atomic mass is 16.5.